The normalized spacial score (nSPS) is 10.7. The summed E-state index contributed by atoms with van der Waals surface area (Å²) in [6.45, 7) is 9.70. The number of benzene rings is 1. The van der Waals surface area contributed by atoms with E-state index in [9.17, 15) is 4.79 Å². The molecule has 0 aliphatic carbocycles. The van der Waals surface area contributed by atoms with E-state index in [0.29, 0.717) is 11.5 Å². The van der Waals surface area contributed by atoms with Crippen molar-refractivity contribution in [2.24, 2.45) is 0 Å². The molecule has 0 fully saturated rings. The van der Waals surface area contributed by atoms with Crippen molar-refractivity contribution in [2.45, 2.75) is 38.5 Å². The number of carbonyl (C=O) groups is 1. The van der Waals surface area contributed by atoms with Gasteiger partial charge in [-0.2, -0.15) is 0 Å². The van der Waals surface area contributed by atoms with Crippen LogP contribution in [0.5, 0.6) is 0 Å². The Balaban J connectivity index is 3.03. The third-order valence-electron chi connectivity index (χ3n) is 2.97. The molecule has 1 aromatic rings. The predicted octanol–water partition coefficient (Wildman–Crippen LogP) is 3.58. The quantitative estimate of drug-likeness (QED) is 0.811. The van der Waals surface area contributed by atoms with Crippen molar-refractivity contribution in [2.75, 3.05) is 13.1 Å². The van der Waals surface area contributed by atoms with Crippen molar-refractivity contribution in [3.05, 3.63) is 29.3 Å². The van der Waals surface area contributed by atoms with Crippen LogP contribution in [0.1, 0.15) is 49.5 Å². The molecule has 0 aliphatic heterocycles. The van der Waals surface area contributed by atoms with Crippen LogP contribution in [0, 0.1) is 0 Å². The standard InChI is InChI=1S/C14H21NOS/c1-5-15(6-2)14(16)12-8-7-11(10(3)4)9-13(12)17/h7-10,17H,5-6H2,1-4H3. The molecule has 0 aliphatic rings. The van der Waals surface area contributed by atoms with E-state index in [0.717, 1.165) is 18.0 Å². The molecule has 0 saturated carbocycles. The highest BCUT2D eigenvalue weighted by Gasteiger charge is 2.15. The van der Waals surface area contributed by atoms with E-state index >= 15 is 0 Å². The molecule has 0 atom stereocenters. The summed E-state index contributed by atoms with van der Waals surface area (Å²) in [4.78, 5) is 14.8. The molecule has 0 heterocycles. The number of carbonyl (C=O) groups excluding carboxylic acids is 1. The van der Waals surface area contributed by atoms with Gasteiger partial charge in [0, 0.05) is 18.0 Å². The highest BCUT2D eigenvalue weighted by molar-refractivity contribution is 7.80. The molecule has 0 bridgehead atoms. The molecule has 0 aromatic heterocycles. The van der Waals surface area contributed by atoms with E-state index < -0.39 is 0 Å². The zero-order valence-corrected chi connectivity index (χ0v) is 11.9. The van der Waals surface area contributed by atoms with Gasteiger partial charge in [-0.3, -0.25) is 4.79 Å². The molecule has 17 heavy (non-hydrogen) atoms. The number of nitrogens with zero attached hydrogens (tertiary/aromatic N) is 1. The first kappa shape index (κ1) is 14.1. The Morgan fingerprint density at radius 3 is 2.29 bits per heavy atom. The number of thiol groups is 1. The monoisotopic (exact) mass is 251 g/mol. The Morgan fingerprint density at radius 2 is 1.88 bits per heavy atom. The van der Waals surface area contributed by atoms with Gasteiger partial charge < -0.3 is 4.90 Å². The van der Waals surface area contributed by atoms with Gasteiger partial charge in [0.1, 0.15) is 0 Å². The lowest BCUT2D eigenvalue weighted by molar-refractivity contribution is 0.0769. The number of hydrogen-bond acceptors (Lipinski definition) is 2. The molecule has 0 radical (unpaired) electrons. The molecule has 0 spiro atoms. The molecular weight excluding hydrogens is 230 g/mol. The summed E-state index contributed by atoms with van der Waals surface area (Å²) in [6, 6.07) is 5.89. The van der Waals surface area contributed by atoms with Crippen molar-refractivity contribution in [1.29, 1.82) is 0 Å². The lowest BCUT2D eigenvalue weighted by Gasteiger charge is -2.20. The van der Waals surface area contributed by atoms with Gasteiger partial charge in [0.25, 0.3) is 5.91 Å². The maximum atomic E-state index is 12.2. The first-order valence-electron chi connectivity index (χ1n) is 6.13. The second-order valence-corrected chi connectivity index (χ2v) is 4.89. The smallest absolute Gasteiger partial charge is 0.254 e. The Kier molecular flexibility index (Phi) is 5.06. The summed E-state index contributed by atoms with van der Waals surface area (Å²) >= 11 is 4.43. The molecule has 1 rings (SSSR count). The van der Waals surface area contributed by atoms with Crippen LogP contribution in [0.15, 0.2) is 23.1 Å². The van der Waals surface area contributed by atoms with Gasteiger partial charge in [-0.25, -0.2) is 0 Å². The summed E-state index contributed by atoms with van der Waals surface area (Å²) in [7, 11) is 0. The van der Waals surface area contributed by atoms with Crippen molar-refractivity contribution < 1.29 is 4.79 Å². The maximum Gasteiger partial charge on any atom is 0.254 e. The minimum absolute atomic E-state index is 0.0651. The zero-order valence-electron chi connectivity index (χ0n) is 11.0. The van der Waals surface area contributed by atoms with Gasteiger partial charge >= 0.3 is 0 Å². The summed E-state index contributed by atoms with van der Waals surface area (Å²) in [6.07, 6.45) is 0. The van der Waals surface area contributed by atoms with E-state index in [2.05, 4.69) is 26.5 Å². The molecule has 94 valence electrons. The fourth-order valence-corrected chi connectivity index (χ4v) is 2.09. The highest BCUT2D eigenvalue weighted by atomic mass is 32.1. The lowest BCUT2D eigenvalue weighted by atomic mass is 10.0. The average Bonchev–Trinajstić information content (AvgIpc) is 2.30. The topological polar surface area (TPSA) is 20.3 Å². The fraction of sp³-hybridized carbons (Fsp3) is 0.500. The first-order valence-corrected chi connectivity index (χ1v) is 6.58. The third-order valence-corrected chi connectivity index (χ3v) is 3.34. The van der Waals surface area contributed by atoms with E-state index in [1.165, 1.54) is 5.56 Å². The van der Waals surface area contributed by atoms with Crippen LogP contribution in [0.4, 0.5) is 0 Å². The Bertz CT molecular complexity index is 397. The van der Waals surface area contributed by atoms with Gasteiger partial charge in [-0.1, -0.05) is 19.9 Å². The Labute approximate surface area is 109 Å². The van der Waals surface area contributed by atoms with Crippen molar-refractivity contribution in [1.82, 2.24) is 4.90 Å². The Morgan fingerprint density at radius 1 is 1.29 bits per heavy atom. The van der Waals surface area contributed by atoms with E-state index in [-0.39, 0.29) is 5.91 Å². The second kappa shape index (κ2) is 6.10. The molecule has 1 aromatic carbocycles. The zero-order chi connectivity index (χ0) is 13.0. The van der Waals surface area contributed by atoms with Crippen LogP contribution in [-0.2, 0) is 0 Å². The van der Waals surface area contributed by atoms with Gasteiger partial charge in [0.15, 0.2) is 0 Å². The van der Waals surface area contributed by atoms with E-state index in [1.54, 1.807) is 0 Å². The van der Waals surface area contributed by atoms with Crippen LogP contribution < -0.4 is 0 Å². The fourth-order valence-electron chi connectivity index (χ4n) is 1.77. The van der Waals surface area contributed by atoms with Gasteiger partial charge in [-0.05, 0) is 37.5 Å². The molecular formula is C14H21NOS. The summed E-state index contributed by atoms with van der Waals surface area (Å²) in [5.74, 6) is 0.522. The molecule has 0 saturated heterocycles. The number of hydrogen-bond donors (Lipinski definition) is 1. The summed E-state index contributed by atoms with van der Waals surface area (Å²) in [5, 5.41) is 0. The van der Waals surface area contributed by atoms with Gasteiger partial charge in [0.05, 0.1) is 5.56 Å². The third kappa shape index (κ3) is 3.25. The lowest BCUT2D eigenvalue weighted by Crippen LogP contribution is -2.30. The largest absolute Gasteiger partial charge is 0.339 e. The van der Waals surface area contributed by atoms with Crippen molar-refractivity contribution in [3.63, 3.8) is 0 Å². The van der Waals surface area contributed by atoms with Gasteiger partial charge in [-0.15, -0.1) is 12.6 Å². The van der Waals surface area contributed by atoms with Crippen LogP contribution in [0.2, 0.25) is 0 Å². The van der Waals surface area contributed by atoms with Crippen LogP contribution >= 0.6 is 12.6 Å². The van der Waals surface area contributed by atoms with Crippen LogP contribution in [0.25, 0.3) is 0 Å². The summed E-state index contributed by atoms with van der Waals surface area (Å²) < 4.78 is 0. The summed E-state index contributed by atoms with van der Waals surface area (Å²) in [5.41, 5.74) is 1.91. The SMILES string of the molecule is CCN(CC)C(=O)c1ccc(C(C)C)cc1S. The van der Waals surface area contributed by atoms with Crippen LogP contribution in [0.3, 0.4) is 0 Å². The van der Waals surface area contributed by atoms with Crippen molar-refractivity contribution >= 4 is 18.5 Å². The molecule has 2 nitrogen and oxygen atoms in total. The van der Waals surface area contributed by atoms with Crippen molar-refractivity contribution in [3.8, 4) is 0 Å². The molecule has 0 N–H and O–H groups in total. The van der Waals surface area contributed by atoms with E-state index in [4.69, 9.17) is 0 Å². The number of amides is 1. The second-order valence-electron chi connectivity index (χ2n) is 4.41. The minimum atomic E-state index is 0.0651. The Hall–Kier alpha value is -0.960. The molecule has 0 unspecified atom stereocenters. The first-order chi connectivity index (χ1) is 8.01. The van der Waals surface area contributed by atoms with Crippen LogP contribution in [-0.4, -0.2) is 23.9 Å². The highest BCUT2D eigenvalue weighted by Crippen LogP contribution is 2.22. The minimum Gasteiger partial charge on any atom is -0.339 e. The maximum absolute atomic E-state index is 12.2. The predicted molar refractivity (Wildman–Crippen MR) is 75.0 cm³/mol. The average molecular weight is 251 g/mol. The number of rotatable bonds is 4. The molecule has 1 amide bonds. The molecule has 3 heteroatoms. The van der Waals surface area contributed by atoms with E-state index in [1.807, 2.05) is 36.9 Å². The van der Waals surface area contributed by atoms with Gasteiger partial charge in [0.2, 0.25) is 0 Å².